The summed E-state index contributed by atoms with van der Waals surface area (Å²) in [6, 6.07) is 0.214. The van der Waals surface area contributed by atoms with Crippen LogP contribution in [0.15, 0.2) is 0 Å². The summed E-state index contributed by atoms with van der Waals surface area (Å²) in [5, 5.41) is 0. The molecule has 0 saturated heterocycles. The van der Waals surface area contributed by atoms with E-state index in [1.807, 2.05) is 20.8 Å². The first-order chi connectivity index (χ1) is 8.80. The van der Waals surface area contributed by atoms with Crippen molar-refractivity contribution in [2.24, 2.45) is 0 Å². The molecule has 0 spiro atoms. The van der Waals surface area contributed by atoms with Crippen molar-refractivity contribution in [2.45, 2.75) is 63.9 Å². The summed E-state index contributed by atoms with van der Waals surface area (Å²) in [4.78, 5) is 11.5. The molecule has 1 aliphatic carbocycles. The van der Waals surface area contributed by atoms with Crippen LogP contribution in [0.5, 0.6) is 0 Å². The zero-order valence-electron chi connectivity index (χ0n) is 12.5. The zero-order chi connectivity index (χ0) is 14.5. The third kappa shape index (κ3) is 5.34. The van der Waals surface area contributed by atoms with Gasteiger partial charge in [-0.2, -0.15) is 0 Å². The smallest absolute Gasteiger partial charge is 0.422 e. The Morgan fingerprint density at radius 2 is 1.68 bits per heavy atom. The van der Waals surface area contributed by atoms with Gasteiger partial charge in [0.15, 0.2) is 5.79 Å². The number of ether oxygens (including phenoxy) is 3. The summed E-state index contributed by atoms with van der Waals surface area (Å²) in [6.45, 7) is 5.50. The molecule has 19 heavy (non-hydrogen) atoms. The number of hydrogen-bond acceptors (Lipinski definition) is 5. The number of nitrogens with one attached hydrogen (secondary N) is 2. The topological polar surface area (TPSA) is 68.8 Å². The van der Waals surface area contributed by atoms with Crippen molar-refractivity contribution in [1.29, 1.82) is 0 Å². The van der Waals surface area contributed by atoms with Gasteiger partial charge >= 0.3 is 6.09 Å². The molecule has 0 atom stereocenters. The number of methoxy groups -OCH3 is 2. The predicted octanol–water partition coefficient (Wildman–Crippen LogP) is 1.95. The lowest BCUT2D eigenvalue weighted by molar-refractivity contribution is -0.225. The summed E-state index contributed by atoms with van der Waals surface area (Å²) < 4.78 is 16.0. The molecular weight excluding hydrogens is 248 g/mol. The van der Waals surface area contributed by atoms with Crippen molar-refractivity contribution in [3.05, 3.63) is 0 Å². The summed E-state index contributed by atoms with van der Waals surface area (Å²) >= 11 is 0. The third-order valence-corrected chi connectivity index (χ3v) is 3.27. The Labute approximate surface area is 115 Å². The van der Waals surface area contributed by atoms with Crippen molar-refractivity contribution in [3.63, 3.8) is 0 Å². The highest BCUT2D eigenvalue weighted by molar-refractivity contribution is 5.67. The van der Waals surface area contributed by atoms with Gasteiger partial charge in [0.2, 0.25) is 0 Å². The fraction of sp³-hybridized carbons (Fsp3) is 0.923. The van der Waals surface area contributed by atoms with Crippen LogP contribution < -0.4 is 10.9 Å². The summed E-state index contributed by atoms with van der Waals surface area (Å²) in [7, 11) is 3.33. The normalized spacial score (nSPS) is 20.1. The van der Waals surface area contributed by atoms with Gasteiger partial charge < -0.3 is 14.2 Å². The number of amides is 1. The maximum absolute atomic E-state index is 11.5. The highest BCUT2D eigenvalue weighted by Crippen LogP contribution is 2.31. The molecule has 0 unspecified atom stereocenters. The minimum Gasteiger partial charge on any atom is -0.443 e. The van der Waals surface area contributed by atoms with Gasteiger partial charge in [-0.05, 0) is 33.6 Å². The SMILES string of the molecule is COC1(OC)CCC(NNC(=O)OC(C)(C)C)CC1. The quantitative estimate of drug-likeness (QED) is 0.606. The van der Waals surface area contributed by atoms with Crippen LogP contribution in [0.1, 0.15) is 46.5 Å². The molecule has 1 aliphatic rings. The first-order valence-corrected chi connectivity index (χ1v) is 6.65. The van der Waals surface area contributed by atoms with Crippen LogP contribution in [0.25, 0.3) is 0 Å². The third-order valence-electron chi connectivity index (χ3n) is 3.27. The highest BCUT2D eigenvalue weighted by atomic mass is 16.7. The van der Waals surface area contributed by atoms with E-state index in [1.54, 1.807) is 14.2 Å². The molecular formula is C13H26N2O4. The standard InChI is InChI=1S/C13H26N2O4/c1-12(2,3)19-11(16)15-14-10-6-8-13(17-4,18-5)9-7-10/h10,14H,6-9H2,1-5H3,(H,15,16). The van der Waals surface area contributed by atoms with Gasteiger partial charge in [0.05, 0.1) is 0 Å². The van der Waals surface area contributed by atoms with Gasteiger partial charge in [0, 0.05) is 33.1 Å². The maximum Gasteiger partial charge on any atom is 0.422 e. The van der Waals surface area contributed by atoms with Gasteiger partial charge in [-0.3, -0.25) is 5.43 Å². The molecule has 1 amide bonds. The minimum absolute atomic E-state index is 0.214. The van der Waals surface area contributed by atoms with Crippen LogP contribution in [0.3, 0.4) is 0 Å². The second-order valence-corrected chi connectivity index (χ2v) is 5.86. The Balaban J connectivity index is 2.28. The fourth-order valence-electron chi connectivity index (χ4n) is 2.16. The Morgan fingerprint density at radius 3 is 2.11 bits per heavy atom. The van der Waals surface area contributed by atoms with Gasteiger partial charge in [0.1, 0.15) is 5.60 Å². The van der Waals surface area contributed by atoms with Crippen LogP contribution in [0.4, 0.5) is 4.79 Å². The summed E-state index contributed by atoms with van der Waals surface area (Å²) in [5.74, 6) is -0.468. The monoisotopic (exact) mass is 274 g/mol. The Kier molecular flexibility index (Phi) is 5.58. The second kappa shape index (κ2) is 6.54. The fourth-order valence-corrected chi connectivity index (χ4v) is 2.16. The van der Waals surface area contributed by atoms with E-state index in [2.05, 4.69) is 10.9 Å². The lowest BCUT2D eigenvalue weighted by Gasteiger charge is -2.37. The lowest BCUT2D eigenvalue weighted by atomic mass is 9.90. The van der Waals surface area contributed by atoms with Crippen LogP contribution >= 0.6 is 0 Å². The Bertz CT molecular complexity index is 288. The van der Waals surface area contributed by atoms with E-state index in [4.69, 9.17) is 14.2 Å². The van der Waals surface area contributed by atoms with Crippen molar-refractivity contribution in [1.82, 2.24) is 10.9 Å². The van der Waals surface area contributed by atoms with Crippen LogP contribution in [0.2, 0.25) is 0 Å². The zero-order valence-corrected chi connectivity index (χ0v) is 12.5. The lowest BCUT2D eigenvalue weighted by Crippen LogP contribution is -2.50. The van der Waals surface area contributed by atoms with E-state index < -0.39 is 17.5 Å². The number of carbonyl (C=O) groups is 1. The first-order valence-electron chi connectivity index (χ1n) is 6.65. The molecule has 0 aromatic carbocycles. The van der Waals surface area contributed by atoms with Crippen molar-refractivity contribution in [2.75, 3.05) is 14.2 Å². The van der Waals surface area contributed by atoms with Crippen molar-refractivity contribution < 1.29 is 19.0 Å². The summed E-state index contributed by atoms with van der Waals surface area (Å²) in [5.41, 5.74) is 5.09. The largest absolute Gasteiger partial charge is 0.443 e. The van der Waals surface area contributed by atoms with Crippen LogP contribution in [-0.4, -0.2) is 37.7 Å². The van der Waals surface area contributed by atoms with Gasteiger partial charge in [-0.15, -0.1) is 0 Å². The number of rotatable bonds is 4. The molecule has 6 nitrogen and oxygen atoms in total. The number of carbonyl (C=O) groups excluding carboxylic acids is 1. The molecule has 2 N–H and O–H groups in total. The average molecular weight is 274 g/mol. The van der Waals surface area contributed by atoms with E-state index >= 15 is 0 Å². The van der Waals surface area contributed by atoms with E-state index in [0.29, 0.717) is 0 Å². The molecule has 1 rings (SSSR count). The average Bonchev–Trinajstić information content (AvgIpc) is 2.35. The van der Waals surface area contributed by atoms with E-state index in [0.717, 1.165) is 25.7 Å². The molecule has 0 aromatic heterocycles. The van der Waals surface area contributed by atoms with Gasteiger partial charge in [-0.1, -0.05) is 0 Å². The van der Waals surface area contributed by atoms with E-state index in [9.17, 15) is 4.79 Å². The highest BCUT2D eigenvalue weighted by Gasteiger charge is 2.35. The van der Waals surface area contributed by atoms with Gasteiger partial charge in [-0.25, -0.2) is 10.2 Å². The number of hydrogen-bond donors (Lipinski definition) is 2. The molecule has 0 aromatic rings. The van der Waals surface area contributed by atoms with Crippen molar-refractivity contribution in [3.8, 4) is 0 Å². The molecule has 1 fully saturated rings. The molecule has 0 bridgehead atoms. The molecule has 112 valence electrons. The second-order valence-electron chi connectivity index (χ2n) is 5.86. The molecule has 0 radical (unpaired) electrons. The minimum atomic E-state index is -0.487. The molecule has 1 saturated carbocycles. The van der Waals surface area contributed by atoms with Gasteiger partial charge in [0.25, 0.3) is 0 Å². The van der Waals surface area contributed by atoms with E-state index in [-0.39, 0.29) is 6.04 Å². The van der Waals surface area contributed by atoms with E-state index in [1.165, 1.54) is 0 Å². The van der Waals surface area contributed by atoms with Crippen LogP contribution in [-0.2, 0) is 14.2 Å². The molecule has 0 heterocycles. The van der Waals surface area contributed by atoms with Crippen LogP contribution in [0, 0.1) is 0 Å². The molecule has 0 aliphatic heterocycles. The predicted molar refractivity (Wildman–Crippen MR) is 71.5 cm³/mol. The Hall–Kier alpha value is -0.850. The molecule has 6 heteroatoms. The van der Waals surface area contributed by atoms with Crippen molar-refractivity contribution >= 4 is 6.09 Å². The summed E-state index contributed by atoms with van der Waals surface area (Å²) in [6.07, 6.45) is 2.89. The first kappa shape index (κ1) is 16.2. The Morgan fingerprint density at radius 1 is 1.16 bits per heavy atom. The maximum atomic E-state index is 11.5. The number of hydrazine groups is 1.